The fraction of sp³-hybridized carbons (Fsp3) is 0.741. The van der Waals surface area contributed by atoms with Crippen LogP contribution in [-0.2, 0) is 30.2 Å². The molecule has 1 fully saturated rings. The first-order chi connectivity index (χ1) is 19.2. The van der Waals surface area contributed by atoms with E-state index in [0.29, 0.717) is 30.2 Å². The van der Waals surface area contributed by atoms with Crippen molar-refractivity contribution in [3.63, 3.8) is 0 Å². The summed E-state index contributed by atoms with van der Waals surface area (Å²) in [5, 5.41) is 15.3. The van der Waals surface area contributed by atoms with E-state index in [4.69, 9.17) is 15.2 Å². The van der Waals surface area contributed by atoms with E-state index in [0.717, 1.165) is 31.6 Å². The van der Waals surface area contributed by atoms with Gasteiger partial charge in [0.1, 0.15) is 29.3 Å². The summed E-state index contributed by atoms with van der Waals surface area (Å²) in [5.74, 6) is -0.439. The average Bonchev–Trinajstić information content (AvgIpc) is 3.30. The van der Waals surface area contributed by atoms with Crippen molar-refractivity contribution in [3.8, 4) is 0 Å². The molecule has 2 atom stereocenters. The third-order valence-electron chi connectivity index (χ3n) is 7.50. The van der Waals surface area contributed by atoms with Gasteiger partial charge >= 0.3 is 11.9 Å². The number of aliphatic carboxylic acids is 1. The molecular formula is C27H46N7O6P. The number of carbonyl (C=O) groups is 2. The van der Waals surface area contributed by atoms with E-state index < -0.39 is 36.6 Å². The number of esters is 1. The normalized spacial score (nSPS) is 20.4. The number of imidazole rings is 1. The van der Waals surface area contributed by atoms with Crippen LogP contribution >= 0.6 is 7.44 Å². The van der Waals surface area contributed by atoms with Crippen molar-refractivity contribution in [2.75, 3.05) is 18.7 Å². The number of nitrogen functional groups attached to an aromatic ring is 1. The molecule has 0 bridgehead atoms. The number of hydrogen-bond acceptors (Lipinski definition) is 9. The van der Waals surface area contributed by atoms with E-state index in [1.165, 1.54) is 33.0 Å². The van der Waals surface area contributed by atoms with Crippen LogP contribution < -0.4 is 15.9 Å². The number of carbonyl (C=O) groups excluding carboxylic acids is 1. The minimum atomic E-state index is -3.82. The first-order valence-corrected chi connectivity index (χ1v) is 16.2. The van der Waals surface area contributed by atoms with Crippen molar-refractivity contribution >= 4 is 36.4 Å². The zero-order valence-corrected chi connectivity index (χ0v) is 25.9. The quantitative estimate of drug-likeness (QED) is 0.172. The van der Waals surface area contributed by atoms with Gasteiger partial charge in [-0.2, -0.15) is 0 Å². The fourth-order valence-corrected chi connectivity index (χ4v) is 7.79. The van der Waals surface area contributed by atoms with Crippen LogP contribution in [0.15, 0.2) is 12.7 Å². The zero-order chi connectivity index (χ0) is 30.4. The molecule has 2 heterocycles. The largest absolute Gasteiger partial charge is 0.480 e. The number of carboxylic acid groups (broad SMARTS) is 1. The van der Waals surface area contributed by atoms with Gasteiger partial charge in [0.2, 0.25) is 7.44 Å². The lowest BCUT2D eigenvalue weighted by atomic mass is 9.80. The van der Waals surface area contributed by atoms with E-state index in [9.17, 15) is 19.3 Å². The molecule has 5 N–H and O–H groups in total. The standard InChI is InChI=1S/C27H46N7O6P/c1-7-8-19-9-11-20(12-10-19)14-39-25(37)27(5,6)33-41(38,32-26(3,4)24(35)36)17-40-18(2)13-34-16-31-21-22(28)29-15-30-23(21)34/h15-16,18-20H,7-14,17H2,1-6H3,(H,35,36)(H2,28,29,30)(H2,32,33,38)/t18-,19?,20?,41?/m1/s1. The molecule has 0 spiro atoms. The van der Waals surface area contributed by atoms with E-state index in [1.54, 1.807) is 31.7 Å². The molecule has 230 valence electrons. The number of aromatic nitrogens is 4. The highest BCUT2D eigenvalue weighted by molar-refractivity contribution is 7.59. The number of carboxylic acids is 1. The predicted molar refractivity (Wildman–Crippen MR) is 156 cm³/mol. The van der Waals surface area contributed by atoms with Gasteiger partial charge in [0, 0.05) is 0 Å². The Hall–Kier alpha value is -2.60. The maximum atomic E-state index is 14.1. The Balaban J connectivity index is 1.65. The number of anilines is 1. The van der Waals surface area contributed by atoms with Crippen molar-refractivity contribution < 1.29 is 28.7 Å². The molecule has 3 rings (SSSR count). The Kier molecular flexibility index (Phi) is 10.9. The molecule has 1 saturated carbocycles. The highest BCUT2D eigenvalue weighted by atomic mass is 31.2. The Morgan fingerprint density at radius 2 is 1.76 bits per heavy atom. The fourth-order valence-electron chi connectivity index (χ4n) is 5.15. The van der Waals surface area contributed by atoms with Gasteiger partial charge in [-0.15, -0.1) is 0 Å². The third kappa shape index (κ3) is 8.94. The molecule has 1 unspecified atom stereocenters. The molecule has 0 aliphatic heterocycles. The molecule has 0 saturated heterocycles. The zero-order valence-electron chi connectivity index (χ0n) is 25.1. The second kappa shape index (κ2) is 13.6. The minimum Gasteiger partial charge on any atom is -0.480 e. The number of ether oxygens (including phenoxy) is 2. The van der Waals surface area contributed by atoms with E-state index in [-0.39, 0.29) is 12.2 Å². The Morgan fingerprint density at radius 3 is 2.39 bits per heavy atom. The number of nitrogens with zero attached hydrogens (tertiary/aromatic N) is 4. The summed E-state index contributed by atoms with van der Waals surface area (Å²) < 4.78 is 27.5. The smallest absolute Gasteiger partial charge is 0.326 e. The number of hydrogen-bond donors (Lipinski definition) is 4. The van der Waals surface area contributed by atoms with Crippen LogP contribution in [0.25, 0.3) is 11.2 Å². The van der Waals surface area contributed by atoms with Crippen LogP contribution in [0.2, 0.25) is 0 Å². The van der Waals surface area contributed by atoms with Gasteiger partial charge in [0.15, 0.2) is 11.5 Å². The van der Waals surface area contributed by atoms with Crippen LogP contribution in [0, 0.1) is 11.8 Å². The summed E-state index contributed by atoms with van der Waals surface area (Å²) in [6, 6.07) is 0. The molecule has 0 aromatic carbocycles. The Labute approximate surface area is 241 Å². The lowest BCUT2D eigenvalue weighted by Crippen LogP contribution is -2.53. The van der Waals surface area contributed by atoms with Crippen molar-refractivity contribution in [1.82, 2.24) is 29.7 Å². The topological polar surface area (TPSA) is 184 Å². The maximum absolute atomic E-state index is 14.1. The molecule has 0 radical (unpaired) electrons. The van der Waals surface area contributed by atoms with Crippen LogP contribution in [0.3, 0.4) is 0 Å². The molecule has 2 aromatic heterocycles. The number of nitrogens with one attached hydrogen (secondary N) is 2. The van der Waals surface area contributed by atoms with Gasteiger partial charge in [-0.3, -0.25) is 14.2 Å². The lowest BCUT2D eigenvalue weighted by Gasteiger charge is -2.35. The summed E-state index contributed by atoms with van der Waals surface area (Å²) in [7, 11) is -3.82. The molecule has 0 amide bonds. The Morgan fingerprint density at radius 1 is 1.12 bits per heavy atom. The monoisotopic (exact) mass is 595 g/mol. The van der Waals surface area contributed by atoms with Gasteiger partial charge < -0.3 is 24.9 Å². The van der Waals surface area contributed by atoms with Crippen LogP contribution in [0.4, 0.5) is 5.82 Å². The summed E-state index contributed by atoms with van der Waals surface area (Å²) in [6.45, 7) is 10.5. The number of fused-ring (bicyclic) bond motifs is 1. The van der Waals surface area contributed by atoms with Crippen LogP contribution in [-0.4, -0.2) is 66.7 Å². The van der Waals surface area contributed by atoms with E-state index in [1.807, 2.05) is 0 Å². The third-order valence-corrected chi connectivity index (χ3v) is 9.86. The molecule has 14 heteroatoms. The number of rotatable bonds is 15. The predicted octanol–water partition coefficient (Wildman–Crippen LogP) is 3.93. The van der Waals surface area contributed by atoms with Gasteiger partial charge in [0.05, 0.1) is 25.6 Å². The second-order valence-electron chi connectivity index (χ2n) is 12.2. The van der Waals surface area contributed by atoms with Gasteiger partial charge in [-0.05, 0) is 59.3 Å². The van der Waals surface area contributed by atoms with Crippen molar-refractivity contribution in [2.24, 2.45) is 11.8 Å². The molecule has 41 heavy (non-hydrogen) atoms. The lowest BCUT2D eigenvalue weighted by molar-refractivity contribution is -0.151. The summed E-state index contributed by atoms with van der Waals surface area (Å²) in [4.78, 5) is 37.4. The van der Waals surface area contributed by atoms with Crippen molar-refractivity contribution in [3.05, 3.63) is 12.7 Å². The number of nitrogens with two attached hydrogens (primary N) is 1. The molecule has 2 aromatic rings. The SMILES string of the molecule is CCCC1CCC(COC(=O)C(C)(C)NP(=O)(CO[C@H](C)Cn2cnc3c(N)ncnc32)NC(C)(C)C(=O)O)CC1. The van der Waals surface area contributed by atoms with Crippen LogP contribution in [0.1, 0.15) is 80.1 Å². The van der Waals surface area contributed by atoms with Crippen molar-refractivity contribution in [1.29, 1.82) is 0 Å². The van der Waals surface area contributed by atoms with E-state index >= 15 is 0 Å². The van der Waals surface area contributed by atoms with E-state index in [2.05, 4.69) is 32.1 Å². The molecule has 13 nitrogen and oxygen atoms in total. The first kappa shape index (κ1) is 32.9. The van der Waals surface area contributed by atoms with Crippen LogP contribution in [0.5, 0.6) is 0 Å². The molecular weight excluding hydrogens is 549 g/mol. The second-order valence-corrected chi connectivity index (χ2v) is 14.4. The first-order valence-electron chi connectivity index (χ1n) is 14.3. The molecule has 1 aliphatic rings. The summed E-state index contributed by atoms with van der Waals surface area (Å²) in [5.41, 5.74) is 3.91. The van der Waals surface area contributed by atoms with Gasteiger partial charge in [0.25, 0.3) is 0 Å². The van der Waals surface area contributed by atoms with Crippen molar-refractivity contribution in [2.45, 2.75) is 104 Å². The van der Waals surface area contributed by atoms with Gasteiger partial charge in [-0.1, -0.05) is 32.6 Å². The average molecular weight is 596 g/mol. The minimum absolute atomic E-state index is 0.259. The maximum Gasteiger partial charge on any atom is 0.326 e. The Bertz CT molecular complexity index is 1240. The van der Waals surface area contributed by atoms with Gasteiger partial charge in [-0.25, -0.2) is 25.1 Å². The highest BCUT2D eigenvalue weighted by Gasteiger charge is 2.42. The summed E-state index contributed by atoms with van der Waals surface area (Å²) >= 11 is 0. The summed E-state index contributed by atoms with van der Waals surface area (Å²) in [6.07, 6.45) is 8.80. The molecule has 1 aliphatic carbocycles. The highest BCUT2D eigenvalue weighted by Crippen LogP contribution is 2.42.